The summed E-state index contributed by atoms with van der Waals surface area (Å²) in [6.45, 7) is 0. The fourth-order valence-electron chi connectivity index (χ4n) is 4.30. The van der Waals surface area contributed by atoms with E-state index in [-0.39, 0.29) is 5.82 Å². The topological polar surface area (TPSA) is 3.24 Å². The zero-order valence-corrected chi connectivity index (χ0v) is 18.8. The van der Waals surface area contributed by atoms with Crippen LogP contribution in [0.1, 0.15) is 0 Å². The maximum atomic E-state index is 16.2. The van der Waals surface area contributed by atoms with Crippen LogP contribution in [0.5, 0.6) is 0 Å². The standard InChI is InChI=1S/C31H23F2N/c1-34(28-18-9-8-17-27(28)32)29-20-19-26(30(31(29)33)23-13-6-3-7-14-23)25-16-10-15-24(21-25)22-11-4-2-5-12-22/h2-21H,1H3. The summed E-state index contributed by atoms with van der Waals surface area (Å²) in [6.07, 6.45) is 0. The van der Waals surface area contributed by atoms with Crippen LogP contribution in [0.3, 0.4) is 0 Å². The van der Waals surface area contributed by atoms with E-state index in [1.54, 1.807) is 36.2 Å². The van der Waals surface area contributed by atoms with Crippen LogP contribution in [0.2, 0.25) is 0 Å². The zero-order valence-electron chi connectivity index (χ0n) is 18.8. The molecule has 0 fully saturated rings. The third-order valence-corrected chi connectivity index (χ3v) is 6.04. The molecule has 0 heterocycles. The second kappa shape index (κ2) is 9.32. The molecule has 0 radical (unpaired) electrons. The number of halogens is 2. The lowest BCUT2D eigenvalue weighted by molar-refractivity contribution is 0.619. The Morgan fingerprint density at radius 2 is 1.09 bits per heavy atom. The summed E-state index contributed by atoms with van der Waals surface area (Å²) in [5.74, 6) is -0.787. The molecule has 0 aliphatic heterocycles. The van der Waals surface area contributed by atoms with Gasteiger partial charge in [-0.25, -0.2) is 8.78 Å². The highest BCUT2D eigenvalue weighted by atomic mass is 19.1. The average molecular weight is 448 g/mol. The summed E-state index contributed by atoms with van der Waals surface area (Å²) in [6, 6.07) is 37.8. The van der Waals surface area contributed by atoms with E-state index in [1.807, 2.05) is 66.7 Å². The van der Waals surface area contributed by atoms with Gasteiger partial charge in [0.1, 0.15) is 5.82 Å². The summed E-state index contributed by atoms with van der Waals surface area (Å²) in [7, 11) is 1.68. The van der Waals surface area contributed by atoms with E-state index in [0.29, 0.717) is 16.9 Å². The Morgan fingerprint density at radius 1 is 0.500 bits per heavy atom. The molecule has 0 unspecified atom stereocenters. The molecule has 0 N–H and O–H groups in total. The third kappa shape index (κ3) is 4.08. The van der Waals surface area contributed by atoms with Crippen molar-refractivity contribution in [2.24, 2.45) is 0 Å². The van der Waals surface area contributed by atoms with Gasteiger partial charge in [-0.1, -0.05) is 97.1 Å². The van der Waals surface area contributed by atoms with Gasteiger partial charge in [-0.15, -0.1) is 0 Å². The number of para-hydroxylation sites is 1. The summed E-state index contributed by atoms with van der Waals surface area (Å²) < 4.78 is 30.7. The minimum Gasteiger partial charge on any atom is -0.340 e. The van der Waals surface area contributed by atoms with Crippen LogP contribution in [0.25, 0.3) is 33.4 Å². The molecule has 0 aromatic heterocycles. The lowest BCUT2D eigenvalue weighted by Crippen LogP contribution is -2.13. The zero-order chi connectivity index (χ0) is 23.5. The van der Waals surface area contributed by atoms with E-state index in [2.05, 4.69) is 24.3 Å². The molecule has 3 heteroatoms. The summed E-state index contributed by atoms with van der Waals surface area (Å²) in [5.41, 5.74) is 5.75. The minimum atomic E-state index is -0.398. The van der Waals surface area contributed by atoms with Gasteiger partial charge in [0.25, 0.3) is 0 Å². The number of anilines is 2. The molecular weight excluding hydrogens is 424 g/mol. The Bertz CT molecular complexity index is 1430. The van der Waals surface area contributed by atoms with Gasteiger partial charge in [0.2, 0.25) is 0 Å². The predicted octanol–water partition coefficient (Wildman–Crippen LogP) is 8.73. The van der Waals surface area contributed by atoms with Crippen LogP contribution < -0.4 is 4.90 Å². The highest BCUT2D eigenvalue weighted by Gasteiger charge is 2.20. The fraction of sp³-hybridized carbons (Fsp3) is 0.0323. The molecule has 0 spiro atoms. The SMILES string of the molecule is CN(c1ccccc1F)c1ccc(-c2cccc(-c3ccccc3)c2)c(-c2ccccc2)c1F. The average Bonchev–Trinajstić information content (AvgIpc) is 2.89. The Balaban J connectivity index is 1.69. The van der Waals surface area contributed by atoms with Gasteiger partial charge in [-0.2, -0.15) is 0 Å². The smallest absolute Gasteiger partial charge is 0.155 e. The summed E-state index contributed by atoms with van der Waals surface area (Å²) >= 11 is 0. The molecule has 166 valence electrons. The summed E-state index contributed by atoms with van der Waals surface area (Å²) in [5, 5.41) is 0. The van der Waals surface area contributed by atoms with Crippen LogP contribution >= 0.6 is 0 Å². The van der Waals surface area contributed by atoms with Crippen LogP contribution in [0.4, 0.5) is 20.2 Å². The Hall–Kier alpha value is -4.24. The van der Waals surface area contributed by atoms with Gasteiger partial charge in [0.05, 0.1) is 11.4 Å². The molecule has 0 saturated carbocycles. The van der Waals surface area contributed by atoms with E-state index in [9.17, 15) is 4.39 Å². The van der Waals surface area contributed by atoms with Gasteiger partial charge >= 0.3 is 0 Å². The quantitative estimate of drug-likeness (QED) is 0.260. The first-order valence-corrected chi connectivity index (χ1v) is 11.2. The van der Waals surface area contributed by atoms with Crippen molar-refractivity contribution in [2.75, 3.05) is 11.9 Å². The van der Waals surface area contributed by atoms with Crippen molar-refractivity contribution < 1.29 is 8.78 Å². The fourth-order valence-corrected chi connectivity index (χ4v) is 4.30. The van der Waals surface area contributed by atoms with Crippen molar-refractivity contribution in [3.63, 3.8) is 0 Å². The highest BCUT2D eigenvalue weighted by molar-refractivity contribution is 5.88. The van der Waals surface area contributed by atoms with Crippen molar-refractivity contribution >= 4 is 11.4 Å². The predicted molar refractivity (Wildman–Crippen MR) is 137 cm³/mol. The molecular formula is C31H23F2N. The van der Waals surface area contributed by atoms with Crippen molar-refractivity contribution in [3.05, 3.63) is 133 Å². The molecule has 34 heavy (non-hydrogen) atoms. The lowest BCUT2D eigenvalue weighted by atomic mass is 9.91. The van der Waals surface area contributed by atoms with E-state index >= 15 is 4.39 Å². The van der Waals surface area contributed by atoms with Crippen LogP contribution in [-0.2, 0) is 0 Å². The Morgan fingerprint density at radius 3 is 1.79 bits per heavy atom. The highest BCUT2D eigenvalue weighted by Crippen LogP contribution is 2.41. The second-order valence-electron chi connectivity index (χ2n) is 8.14. The van der Waals surface area contributed by atoms with Gasteiger partial charge in [-0.3, -0.25) is 0 Å². The Labute approximate surface area is 198 Å². The molecule has 5 aromatic rings. The second-order valence-corrected chi connectivity index (χ2v) is 8.14. The van der Waals surface area contributed by atoms with E-state index in [4.69, 9.17) is 0 Å². The lowest BCUT2D eigenvalue weighted by Gasteiger charge is -2.23. The van der Waals surface area contributed by atoms with Crippen LogP contribution in [0.15, 0.2) is 121 Å². The first-order chi connectivity index (χ1) is 16.6. The monoisotopic (exact) mass is 447 g/mol. The summed E-state index contributed by atoms with van der Waals surface area (Å²) in [4.78, 5) is 1.56. The number of hydrogen-bond acceptors (Lipinski definition) is 1. The normalized spacial score (nSPS) is 10.8. The molecule has 0 bridgehead atoms. The molecule has 5 rings (SSSR count). The van der Waals surface area contributed by atoms with Crippen molar-refractivity contribution in [1.29, 1.82) is 0 Å². The molecule has 0 atom stereocenters. The van der Waals surface area contributed by atoms with Crippen LogP contribution in [-0.4, -0.2) is 7.05 Å². The number of hydrogen-bond donors (Lipinski definition) is 0. The van der Waals surface area contributed by atoms with Crippen molar-refractivity contribution in [1.82, 2.24) is 0 Å². The van der Waals surface area contributed by atoms with Gasteiger partial charge in [-0.05, 0) is 52.1 Å². The van der Waals surface area contributed by atoms with Gasteiger partial charge in [0.15, 0.2) is 5.82 Å². The molecule has 0 saturated heterocycles. The minimum absolute atomic E-state index is 0.312. The van der Waals surface area contributed by atoms with Crippen molar-refractivity contribution in [3.8, 4) is 33.4 Å². The molecule has 1 nitrogen and oxygen atoms in total. The van der Waals surface area contributed by atoms with E-state index in [0.717, 1.165) is 27.8 Å². The number of benzene rings is 5. The van der Waals surface area contributed by atoms with E-state index < -0.39 is 5.82 Å². The first kappa shape index (κ1) is 21.6. The molecule has 5 aromatic carbocycles. The molecule has 0 aliphatic rings. The third-order valence-electron chi connectivity index (χ3n) is 6.04. The molecule has 0 aliphatic carbocycles. The Kier molecular flexibility index (Phi) is 5.92. The largest absolute Gasteiger partial charge is 0.340 e. The number of nitrogens with zero attached hydrogens (tertiary/aromatic N) is 1. The van der Waals surface area contributed by atoms with Gasteiger partial charge < -0.3 is 4.90 Å². The van der Waals surface area contributed by atoms with Crippen molar-refractivity contribution in [2.45, 2.75) is 0 Å². The first-order valence-electron chi connectivity index (χ1n) is 11.2. The van der Waals surface area contributed by atoms with Gasteiger partial charge in [0, 0.05) is 12.6 Å². The van der Waals surface area contributed by atoms with E-state index in [1.165, 1.54) is 6.07 Å². The number of rotatable bonds is 5. The van der Waals surface area contributed by atoms with Crippen LogP contribution in [0, 0.1) is 11.6 Å². The maximum absolute atomic E-state index is 16.2. The molecule has 0 amide bonds. The maximum Gasteiger partial charge on any atom is 0.155 e.